The Morgan fingerprint density at radius 2 is 1.83 bits per heavy atom. The normalized spacial score (nSPS) is 16.4. The minimum atomic E-state index is -5.49. The summed E-state index contributed by atoms with van der Waals surface area (Å²) in [4.78, 5) is 10.2. The molecule has 0 aliphatic carbocycles. The SMILES string of the molecule is NC(CSC(F)(F)C(OCF)C(F)(F)F)C(=O)O. The standard InChI is InChI=1S/C7H9F6NO3S/c8-2-17-5(6(9,10)11)7(12,13)18-1-3(14)4(15)16/h3,5H,1-2,14H2,(H,15,16). The third-order valence-corrected chi connectivity index (χ3v) is 2.73. The summed E-state index contributed by atoms with van der Waals surface area (Å²) in [6, 6.07) is -1.76. The van der Waals surface area contributed by atoms with Crippen LogP contribution >= 0.6 is 11.8 Å². The van der Waals surface area contributed by atoms with Gasteiger partial charge in [-0.3, -0.25) is 4.79 Å². The van der Waals surface area contributed by atoms with E-state index in [2.05, 4.69) is 4.74 Å². The van der Waals surface area contributed by atoms with E-state index in [1.54, 1.807) is 0 Å². The first-order valence-electron chi connectivity index (χ1n) is 4.26. The predicted molar refractivity (Wildman–Crippen MR) is 49.9 cm³/mol. The Balaban J connectivity index is 4.70. The van der Waals surface area contributed by atoms with Gasteiger partial charge in [0.2, 0.25) is 6.10 Å². The number of alkyl halides is 6. The van der Waals surface area contributed by atoms with Gasteiger partial charge in [-0.1, -0.05) is 11.8 Å². The topological polar surface area (TPSA) is 72.5 Å². The van der Waals surface area contributed by atoms with Crippen LogP contribution in [-0.2, 0) is 9.53 Å². The molecule has 2 unspecified atom stereocenters. The second kappa shape index (κ2) is 6.48. The lowest BCUT2D eigenvalue weighted by atomic mass is 10.3. The van der Waals surface area contributed by atoms with Crippen LogP contribution in [0.1, 0.15) is 0 Å². The summed E-state index contributed by atoms with van der Waals surface area (Å²) >= 11 is -0.661. The molecule has 0 heterocycles. The lowest BCUT2D eigenvalue weighted by molar-refractivity contribution is -0.269. The van der Waals surface area contributed by atoms with Crippen LogP contribution in [0.15, 0.2) is 0 Å². The van der Waals surface area contributed by atoms with E-state index in [4.69, 9.17) is 10.8 Å². The van der Waals surface area contributed by atoms with E-state index >= 15 is 0 Å². The fourth-order valence-corrected chi connectivity index (χ4v) is 1.69. The Kier molecular flexibility index (Phi) is 6.23. The van der Waals surface area contributed by atoms with Gasteiger partial charge in [0.25, 0.3) is 0 Å². The average molecular weight is 301 g/mol. The van der Waals surface area contributed by atoms with Gasteiger partial charge in [0.05, 0.1) is 0 Å². The lowest BCUT2D eigenvalue weighted by Gasteiger charge is -2.27. The summed E-state index contributed by atoms with van der Waals surface area (Å²) in [6.45, 7) is -2.05. The molecule has 0 radical (unpaired) electrons. The maximum Gasteiger partial charge on any atom is 0.421 e. The predicted octanol–water partition coefficient (Wildman–Crippen LogP) is 1.60. The van der Waals surface area contributed by atoms with Crippen LogP contribution in [-0.4, -0.2) is 47.3 Å². The fraction of sp³-hybridized carbons (Fsp3) is 0.857. The number of hydrogen-bond donors (Lipinski definition) is 2. The van der Waals surface area contributed by atoms with Crippen molar-refractivity contribution in [2.24, 2.45) is 5.73 Å². The van der Waals surface area contributed by atoms with Gasteiger partial charge in [-0.2, -0.15) is 22.0 Å². The zero-order valence-corrected chi connectivity index (χ0v) is 9.40. The maximum atomic E-state index is 13.1. The lowest BCUT2D eigenvalue weighted by Crippen LogP contribution is -2.46. The second-order valence-corrected chi connectivity index (χ2v) is 4.18. The number of nitrogens with two attached hydrogens (primary N) is 1. The Labute approximate surface area is 101 Å². The number of halogens is 6. The van der Waals surface area contributed by atoms with Crippen molar-refractivity contribution < 1.29 is 41.0 Å². The fourth-order valence-electron chi connectivity index (χ4n) is 0.793. The molecule has 0 aromatic carbocycles. The molecule has 0 spiro atoms. The van der Waals surface area contributed by atoms with Crippen LogP contribution in [0.3, 0.4) is 0 Å². The Bertz CT molecular complexity index is 287. The van der Waals surface area contributed by atoms with Gasteiger partial charge in [0, 0.05) is 5.75 Å². The minimum Gasteiger partial charge on any atom is -0.480 e. The highest BCUT2D eigenvalue weighted by Crippen LogP contribution is 2.42. The van der Waals surface area contributed by atoms with E-state index in [-0.39, 0.29) is 0 Å². The molecule has 3 N–H and O–H groups in total. The van der Waals surface area contributed by atoms with E-state index in [0.717, 1.165) is 0 Å². The highest BCUT2D eigenvalue weighted by Gasteiger charge is 2.57. The molecule has 0 saturated carbocycles. The smallest absolute Gasteiger partial charge is 0.421 e. The zero-order chi connectivity index (χ0) is 14.6. The summed E-state index contributed by atoms with van der Waals surface area (Å²) < 4.78 is 77.6. The van der Waals surface area contributed by atoms with Crippen LogP contribution in [0, 0.1) is 0 Å². The molecular weight excluding hydrogens is 292 g/mol. The summed E-state index contributed by atoms with van der Waals surface area (Å²) in [5.74, 6) is -2.63. The van der Waals surface area contributed by atoms with Crippen molar-refractivity contribution in [3.05, 3.63) is 0 Å². The van der Waals surface area contributed by atoms with Gasteiger partial charge >= 0.3 is 17.4 Å². The summed E-state index contributed by atoms with van der Waals surface area (Å²) in [5, 5.41) is 3.74. The van der Waals surface area contributed by atoms with Crippen molar-refractivity contribution in [1.82, 2.24) is 0 Å². The summed E-state index contributed by atoms with van der Waals surface area (Å²) in [6.07, 6.45) is -9.16. The van der Waals surface area contributed by atoms with E-state index in [9.17, 15) is 31.1 Å². The molecule has 2 atom stereocenters. The molecule has 0 fully saturated rings. The maximum absolute atomic E-state index is 13.1. The molecule has 0 bridgehead atoms. The number of carbonyl (C=O) groups is 1. The molecule has 0 aromatic heterocycles. The molecule has 0 aliphatic heterocycles. The van der Waals surface area contributed by atoms with Crippen molar-refractivity contribution in [2.75, 3.05) is 12.6 Å². The van der Waals surface area contributed by atoms with Gasteiger partial charge < -0.3 is 15.6 Å². The van der Waals surface area contributed by atoms with Gasteiger partial charge in [-0.25, -0.2) is 4.39 Å². The van der Waals surface area contributed by atoms with Crippen LogP contribution in [0.25, 0.3) is 0 Å². The van der Waals surface area contributed by atoms with Crippen molar-refractivity contribution in [3.63, 3.8) is 0 Å². The minimum absolute atomic E-state index is 0.661. The largest absolute Gasteiger partial charge is 0.480 e. The third-order valence-electron chi connectivity index (χ3n) is 1.60. The van der Waals surface area contributed by atoms with Crippen molar-refractivity contribution in [3.8, 4) is 0 Å². The first-order chi connectivity index (χ1) is 8.02. The molecule has 11 heteroatoms. The molecule has 18 heavy (non-hydrogen) atoms. The Morgan fingerprint density at radius 1 is 1.33 bits per heavy atom. The van der Waals surface area contributed by atoms with Gasteiger partial charge in [-0.05, 0) is 0 Å². The zero-order valence-electron chi connectivity index (χ0n) is 8.59. The van der Waals surface area contributed by atoms with E-state index in [0.29, 0.717) is 0 Å². The number of aliphatic carboxylic acids is 1. The molecule has 108 valence electrons. The molecule has 0 amide bonds. The summed E-state index contributed by atoms with van der Waals surface area (Å²) in [7, 11) is 0. The number of thioether (sulfide) groups is 1. The highest BCUT2D eigenvalue weighted by atomic mass is 32.2. The van der Waals surface area contributed by atoms with Crippen molar-refractivity contribution in [1.29, 1.82) is 0 Å². The number of hydrogen-bond acceptors (Lipinski definition) is 4. The molecule has 0 saturated heterocycles. The number of carboxylic acids is 1. The highest BCUT2D eigenvalue weighted by molar-refractivity contribution is 8.00. The van der Waals surface area contributed by atoms with Crippen LogP contribution in [0.5, 0.6) is 0 Å². The number of rotatable bonds is 7. The summed E-state index contributed by atoms with van der Waals surface area (Å²) in [5.41, 5.74) is 4.86. The van der Waals surface area contributed by atoms with E-state index in [1.165, 1.54) is 0 Å². The molecular formula is C7H9F6NO3S. The van der Waals surface area contributed by atoms with Crippen molar-refractivity contribution >= 4 is 17.7 Å². The van der Waals surface area contributed by atoms with Gasteiger partial charge in [-0.15, -0.1) is 0 Å². The van der Waals surface area contributed by atoms with Gasteiger partial charge in [0.1, 0.15) is 6.04 Å². The van der Waals surface area contributed by atoms with Crippen LogP contribution in [0.2, 0.25) is 0 Å². The number of ether oxygens (including phenoxy) is 1. The Hall–Kier alpha value is -0.680. The van der Waals surface area contributed by atoms with E-state index < -0.39 is 53.9 Å². The average Bonchev–Trinajstić information content (AvgIpc) is 2.20. The number of carboxylic acid groups (broad SMARTS) is 1. The van der Waals surface area contributed by atoms with Crippen molar-refractivity contribution in [2.45, 2.75) is 23.6 Å². The molecule has 0 rings (SSSR count). The van der Waals surface area contributed by atoms with Crippen LogP contribution in [0.4, 0.5) is 26.3 Å². The Morgan fingerprint density at radius 3 is 2.17 bits per heavy atom. The quantitative estimate of drug-likeness (QED) is 0.699. The monoisotopic (exact) mass is 301 g/mol. The first-order valence-corrected chi connectivity index (χ1v) is 5.25. The third kappa shape index (κ3) is 5.31. The van der Waals surface area contributed by atoms with Gasteiger partial charge in [0.15, 0.2) is 6.86 Å². The molecule has 4 nitrogen and oxygen atoms in total. The second-order valence-electron chi connectivity index (χ2n) is 3.01. The van der Waals surface area contributed by atoms with Crippen LogP contribution < -0.4 is 5.73 Å². The molecule has 0 aliphatic rings. The van der Waals surface area contributed by atoms with E-state index in [1.807, 2.05) is 0 Å². The first kappa shape index (κ1) is 17.3. The molecule has 0 aromatic rings.